The predicted octanol–water partition coefficient (Wildman–Crippen LogP) is 5.70. The molecule has 11 heteroatoms. The molecular formula is C34H40N4O7. The number of hydrogen-bond acceptors (Lipinski definition) is 6. The van der Waals surface area contributed by atoms with Crippen molar-refractivity contribution in [1.29, 1.82) is 0 Å². The second kappa shape index (κ2) is 15.6. The highest BCUT2D eigenvalue weighted by Gasteiger charge is 2.23. The van der Waals surface area contributed by atoms with Crippen LogP contribution in [0.1, 0.15) is 44.2 Å². The van der Waals surface area contributed by atoms with Crippen LogP contribution in [0.3, 0.4) is 0 Å². The van der Waals surface area contributed by atoms with Crippen molar-refractivity contribution in [2.45, 2.75) is 52.6 Å². The van der Waals surface area contributed by atoms with Crippen molar-refractivity contribution in [3.05, 3.63) is 77.9 Å². The van der Waals surface area contributed by atoms with Crippen LogP contribution in [0.15, 0.2) is 66.7 Å². The minimum atomic E-state index is -0.907. The smallest absolute Gasteiger partial charge is 0.323 e. The van der Waals surface area contributed by atoms with E-state index in [4.69, 9.17) is 14.6 Å². The maximum atomic E-state index is 12.9. The van der Waals surface area contributed by atoms with Crippen LogP contribution < -0.4 is 25.4 Å². The molecule has 1 unspecified atom stereocenters. The lowest BCUT2D eigenvalue weighted by molar-refractivity contribution is -0.138. The van der Waals surface area contributed by atoms with E-state index in [1.807, 2.05) is 31.2 Å². The molecule has 1 aliphatic rings. The first-order valence-electron chi connectivity index (χ1n) is 15.0. The number of likely N-dealkylation sites (tertiary alicyclic amines) is 1. The van der Waals surface area contributed by atoms with Gasteiger partial charge in [-0.25, -0.2) is 4.79 Å². The fourth-order valence-electron chi connectivity index (χ4n) is 4.95. The summed E-state index contributed by atoms with van der Waals surface area (Å²) in [6.45, 7) is 6.63. The van der Waals surface area contributed by atoms with E-state index in [2.05, 4.69) is 16.0 Å². The van der Waals surface area contributed by atoms with Crippen molar-refractivity contribution in [3.63, 3.8) is 0 Å². The number of anilines is 3. The number of carbonyl (C=O) groups is 4. The van der Waals surface area contributed by atoms with E-state index in [0.717, 1.165) is 16.8 Å². The van der Waals surface area contributed by atoms with E-state index in [1.165, 1.54) is 0 Å². The van der Waals surface area contributed by atoms with Gasteiger partial charge >= 0.3 is 12.0 Å². The Morgan fingerprint density at radius 2 is 1.60 bits per heavy atom. The molecule has 1 fully saturated rings. The number of carboxylic acid groups (broad SMARTS) is 1. The molecule has 0 aromatic heterocycles. The quantitative estimate of drug-likeness (QED) is 0.204. The number of nitrogens with zero attached hydrogens (tertiary/aromatic N) is 1. The molecule has 0 saturated carbocycles. The largest absolute Gasteiger partial charge is 0.489 e. The van der Waals surface area contributed by atoms with Crippen LogP contribution in [-0.4, -0.2) is 59.6 Å². The molecule has 3 aromatic rings. The van der Waals surface area contributed by atoms with Gasteiger partial charge < -0.3 is 35.4 Å². The second-order valence-electron chi connectivity index (χ2n) is 11.3. The highest BCUT2D eigenvalue weighted by Crippen LogP contribution is 2.33. The third-order valence-corrected chi connectivity index (χ3v) is 7.42. The van der Waals surface area contributed by atoms with E-state index in [1.54, 1.807) is 61.2 Å². The number of piperidine rings is 1. The zero-order chi connectivity index (χ0) is 32.3. The number of carbonyl (C=O) groups excluding carboxylic acids is 3. The average Bonchev–Trinajstić information content (AvgIpc) is 2.99. The van der Waals surface area contributed by atoms with Gasteiger partial charge in [0.15, 0.2) is 11.5 Å². The number of aryl methyl sites for hydroxylation is 1. The Morgan fingerprint density at radius 3 is 2.27 bits per heavy atom. The highest BCUT2D eigenvalue weighted by atomic mass is 16.5. The maximum Gasteiger partial charge on any atom is 0.323 e. The molecule has 3 aromatic carbocycles. The van der Waals surface area contributed by atoms with Gasteiger partial charge in [0.25, 0.3) is 0 Å². The van der Waals surface area contributed by atoms with Gasteiger partial charge in [-0.3, -0.25) is 14.4 Å². The number of nitrogens with one attached hydrogen (secondary N) is 3. The molecule has 4 N–H and O–H groups in total. The number of aliphatic carboxylic acids is 1. The van der Waals surface area contributed by atoms with Crippen LogP contribution in [0.2, 0.25) is 0 Å². The molecular weight excluding hydrogens is 576 g/mol. The lowest BCUT2D eigenvalue weighted by atomic mass is 10.1. The lowest BCUT2D eigenvalue weighted by Crippen LogP contribution is -2.40. The summed E-state index contributed by atoms with van der Waals surface area (Å²) in [5, 5.41) is 17.6. The van der Waals surface area contributed by atoms with E-state index in [-0.39, 0.29) is 49.3 Å². The van der Waals surface area contributed by atoms with E-state index in [0.29, 0.717) is 48.8 Å². The molecule has 0 aliphatic carbocycles. The molecule has 1 atom stereocenters. The van der Waals surface area contributed by atoms with Crippen LogP contribution in [-0.2, 0) is 20.8 Å². The number of para-hydroxylation sites is 1. The molecule has 0 spiro atoms. The predicted molar refractivity (Wildman–Crippen MR) is 172 cm³/mol. The summed E-state index contributed by atoms with van der Waals surface area (Å²) in [6.07, 6.45) is 1.32. The minimum Gasteiger partial charge on any atom is -0.489 e. The molecule has 1 saturated heterocycles. The summed E-state index contributed by atoms with van der Waals surface area (Å²) >= 11 is 0. The Labute approximate surface area is 262 Å². The van der Waals surface area contributed by atoms with E-state index < -0.39 is 5.97 Å². The van der Waals surface area contributed by atoms with Gasteiger partial charge in [0.2, 0.25) is 11.8 Å². The van der Waals surface area contributed by atoms with Crippen molar-refractivity contribution in [1.82, 2.24) is 4.90 Å². The summed E-state index contributed by atoms with van der Waals surface area (Å²) in [7, 11) is 0. The maximum absolute atomic E-state index is 12.9. The minimum absolute atomic E-state index is 0.0399. The van der Waals surface area contributed by atoms with Crippen LogP contribution in [0.5, 0.6) is 11.5 Å². The summed E-state index contributed by atoms with van der Waals surface area (Å²) in [5.41, 5.74) is 3.53. The first-order chi connectivity index (χ1) is 21.5. The molecule has 4 rings (SSSR count). The number of carboxylic acids is 1. The van der Waals surface area contributed by atoms with Crippen molar-refractivity contribution in [2.75, 3.05) is 35.6 Å². The third-order valence-electron chi connectivity index (χ3n) is 7.42. The van der Waals surface area contributed by atoms with Crippen molar-refractivity contribution >= 4 is 40.9 Å². The molecule has 1 heterocycles. The van der Waals surface area contributed by atoms with Crippen LogP contribution >= 0.6 is 0 Å². The van der Waals surface area contributed by atoms with Crippen LogP contribution in [0, 0.1) is 12.8 Å². The third kappa shape index (κ3) is 10.3. The van der Waals surface area contributed by atoms with E-state index in [9.17, 15) is 19.2 Å². The summed E-state index contributed by atoms with van der Waals surface area (Å²) in [6, 6.07) is 19.3. The van der Waals surface area contributed by atoms with Gasteiger partial charge in [0, 0.05) is 61.9 Å². The fourth-order valence-corrected chi connectivity index (χ4v) is 4.95. The monoisotopic (exact) mass is 616 g/mol. The summed E-state index contributed by atoms with van der Waals surface area (Å²) < 4.78 is 12.2. The fraction of sp³-hybridized carbons (Fsp3) is 0.353. The highest BCUT2D eigenvalue weighted by molar-refractivity contribution is 6.00. The van der Waals surface area contributed by atoms with Crippen molar-refractivity contribution in [3.8, 4) is 11.5 Å². The molecule has 11 nitrogen and oxygen atoms in total. The number of hydrogen-bond donors (Lipinski definition) is 4. The molecule has 238 valence electrons. The zero-order valence-electron chi connectivity index (χ0n) is 25.8. The molecule has 1 aliphatic heterocycles. The number of rotatable bonds is 12. The van der Waals surface area contributed by atoms with Gasteiger partial charge in [-0.05, 0) is 48.4 Å². The van der Waals surface area contributed by atoms with Gasteiger partial charge in [0.1, 0.15) is 6.10 Å². The van der Waals surface area contributed by atoms with Crippen molar-refractivity contribution in [2.24, 2.45) is 5.92 Å². The van der Waals surface area contributed by atoms with Gasteiger partial charge in [-0.2, -0.15) is 0 Å². The Hall–Kier alpha value is -5.06. The van der Waals surface area contributed by atoms with E-state index >= 15 is 0 Å². The SMILES string of the molecule is CC(=O)N1CCC(Oc2ccc(NC(=O)Cc3ccc(NC(=O)Nc4ccccc4C)cc3)cc2OCC(C)CC(=O)O)CC1. The van der Waals surface area contributed by atoms with Crippen molar-refractivity contribution < 1.29 is 33.8 Å². The summed E-state index contributed by atoms with van der Waals surface area (Å²) in [5.74, 6) is -0.458. The number of amides is 4. The number of urea groups is 1. The Balaban J connectivity index is 1.35. The summed E-state index contributed by atoms with van der Waals surface area (Å²) in [4.78, 5) is 49.9. The van der Waals surface area contributed by atoms with Gasteiger partial charge in [0.05, 0.1) is 19.4 Å². The van der Waals surface area contributed by atoms with Crippen LogP contribution in [0.4, 0.5) is 21.9 Å². The average molecular weight is 617 g/mol. The first kappa shape index (κ1) is 32.8. The molecule has 45 heavy (non-hydrogen) atoms. The molecule has 0 radical (unpaired) electrons. The first-order valence-corrected chi connectivity index (χ1v) is 15.0. The van der Waals surface area contributed by atoms with Crippen LogP contribution in [0.25, 0.3) is 0 Å². The lowest BCUT2D eigenvalue weighted by Gasteiger charge is -2.32. The number of ether oxygens (including phenoxy) is 2. The molecule has 4 amide bonds. The zero-order valence-corrected chi connectivity index (χ0v) is 25.8. The topological polar surface area (TPSA) is 146 Å². The van der Waals surface area contributed by atoms with Gasteiger partial charge in [-0.1, -0.05) is 37.3 Å². The molecule has 0 bridgehead atoms. The normalized spacial score (nSPS) is 13.8. The number of benzene rings is 3. The Morgan fingerprint density at radius 1 is 0.911 bits per heavy atom. The standard InChI is InChI=1S/C34H40N4O7/c1-22(18-33(41)42)21-44-31-20-27(12-13-30(31)45-28-14-16-38(17-15-28)24(3)39)35-32(40)19-25-8-10-26(11-9-25)36-34(43)37-29-7-5-4-6-23(29)2/h4-13,20,22,28H,14-19,21H2,1-3H3,(H,35,40)(H,41,42)(H2,36,37,43). The Bertz CT molecular complexity index is 1500. The second-order valence-corrected chi connectivity index (χ2v) is 11.3. The van der Waals surface area contributed by atoms with Gasteiger partial charge in [-0.15, -0.1) is 0 Å². The Kier molecular flexibility index (Phi) is 11.4.